The molecule has 0 aliphatic heterocycles. The van der Waals surface area contributed by atoms with Crippen LogP contribution < -0.4 is 5.32 Å². The van der Waals surface area contributed by atoms with Crippen molar-refractivity contribution in [2.24, 2.45) is 5.10 Å². The first-order valence-corrected chi connectivity index (χ1v) is 4.32. The monoisotopic (exact) mass is 191 g/mol. The predicted octanol–water partition coefficient (Wildman–Crippen LogP) is 2.16. The van der Waals surface area contributed by atoms with Crippen LogP contribution in [0.2, 0.25) is 0 Å². The molecule has 2 amide bonds. The van der Waals surface area contributed by atoms with Crippen LogP contribution in [0.1, 0.15) is 6.92 Å². The summed E-state index contributed by atoms with van der Waals surface area (Å²) in [5.41, 5.74) is 0.760. The number of para-hydroxylation sites is 1. The van der Waals surface area contributed by atoms with Gasteiger partial charge in [-0.3, -0.25) is 0 Å². The molecule has 0 radical (unpaired) electrons. The van der Waals surface area contributed by atoms with Gasteiger partial charge in [-0.25, -0.2) is 9.80 Å². The molecule has 0 bridgehead atoms. The van der Waals surface area contributed by atoms with E-state index in [1.807, 2.05) is 30.3 Å². The maximum atomic E-state index is 11.4. The van der Waals surface area contributed by atoms with Crippen molar-refractivity contribution < 1.29 is 4.79 Å². The van der Waals surface area contributed by atoms with Gasteiger partial charge in [0.25, 0.3) is 0 Å². The van der Waals surface area contributed by atoms with Crippen molar-refractivity contribution in [1.29, 1.82) is 0 Å². The number of rotatable bonds is 2. The fraction of sp³-hybridized carbons (Fsp3) is 0.200. The molecule has 0 saturated carbocycles. The van der Waals surface area contributed by atoms with E-state index >= 15 is 0 Å². The predicted molar refractivity (Wildman–Crippen MR) is 57.4 cm³/mol. The van der Waals surface area contributed by atoms with Crippen molar-refractivity contribution in [3.8, 4) is 0 Å². The summed E-state index contributed by atoms with van der Waals surface area (Å²) in [5.74, 6) is 0. The van der Waals surface area contributed by atoms with Gasteiger partial charge in [0.2, 0.25) is 0 Å². The number of urea groups is 1. The Balaban J connectivity index is 2.57. The van der Waals surface area contributed by atoms with Crippen LogP contribution in [0, 0.1) is 0 Å². The van der Waals surface area contributed by atoms with Gasteiger partial charge in [0.1, 0.15) is 0 Å². The van der Waals surface area contributed by atoms with E-state index in [1.54, 1.807) is 20.2 Å². The topological polar surface area (TPSA) is 44.7 Å². The number of anilines is 1. The van der Waals surface area contributed by atoms with Crippen molar-refractivity contribution >= 4 is 17.9 Å². The third-order valence-electron chi connectivity index (χ3n) is 1.61. The summed E-state index contributed by atoms with van der Waals surface area (Å²) in [5, 5.41) is 7.76. The molecule has 0 saturated heterocycles. The quantitative estimate of drug-likeness (QED) is 0.565. The Morgan fingerprint density at radius 2 is 2.07 bits per heavy atom. The summed E-state index contributed by atoms with van der Waals surface area (Å²) in [6.45, 7) is 1.76. The first kappa shape index (κ1) is 10.2. The van der Waals surface area contributed by atoms with Gasteiger partial charge in [0, 0.05) is 18.9 Å². The second-order valence-electron chi connectivity index (χ2n) is 2.69. The SMILES string of the molecule is C/C=N/N(C)C(=O)Nc1ccccc1. The molecule has 14 heavy (non-hydrogen) atoms. The zero-order valence-electron chi connectivity index (χ0n) is 8.27. The molecule has 1 aromatic carbocycles. The van der Waals surface area contributed by atoms with Crippen molar-refractivity contribution in [2.75, 3.05) is 12.4 Å². The normalized spacial score (nSPS) is 10.1. The highest BCUT2D eigenvalue weighted by molar-refractivity contribution is 5.89. The minimum Gasteiger partial charge on any atom is -0.306 e. The zero-order valence-corrected chi connectivity index (χ0v) is 8.27. The number of carbonyl (C=O) groups excluding carboxylic acids is 1. The average Bonchev–Trinajstić information content (AvgIpc) is 2.19. The van der Waals surface area contributed by atoms with E-state index in [0.717, 1.165) is 5.69 Å². The van der Waals surface area contributed by atoms with Gasteiger partial charge in [0.15, 0.2) is 0 Å². The molecular formula is C10H13N3O. The fourth-order valence-electron chi connectivity index (χ4n) is 0.952. The molecule has 0 aromatic heterocycles. The van der Waals surface area contributed by atoms with Gasteiger partial charge in [-0.15, -0.1) is 0 Å². The molecule has 1 aromatic rings. The molecule has 74 valence electrons. The van der Waals surface area contributed by atoms with Crippen LogP contribution in [0.3, 0.4) is 0 Å². The van der Waals surface area contributed by atoms with Crippen molar-refractivity contribution in [2.45, 2.75) is 6.92 Å². The van der Waals surface area contributed by atoms with Crippen molar-refractivity contribution in [3.05, 3.63) is 30.3 Å². The van der Waals surface area contributed by atoms with E-state index in [0.29, 0.717) is 0 Å². The second kappa shape index (κ2) is 5.01. The maximum absolute atomic E-state index is 11.4. The zero-order chi connectivity index (χ0) is 10.4. The summed E-state index contributed by atoms with van der Waals surface area (Å²) in [4.78, 5) is 11.4. The van der Waals surface area contributed by atoms with E-state index in [1.165, 1.54) is 5.01 Å². The largest absolute Gasteiger partial charge is 0.341 e. The number of nitrogens with zero attached hydrogens (tertiary/aromatic N) is 2. The van der Waals surface area contributed by atoms with Gasteiger partial charge >= 0.3 is 6.03 Å². The van der Waals surface area contributed by atoms with Crippen LogP contribution in [-0.2, 0) is 0 Å². The molecule has 1 N–H and O–H groups in total. The van der Waals surface area contributed by atoms with Crippen molar-refractivity contribution in [3.63, 3.8) is 0 Å². The molecule has 0 fully saturated rings. The molecule has 0 atom stereocenters. The molecular weight excluding hydrogens is 178 g/mol. The van der Waals surface area contributed by atoms with Crippen LogP contribution in [0.5, 0.6) is 0 Å². The van der Waals surface area contributed by atoms with E-state index in [-0.39, 0.29) is 6.03 Å². The van der Waals surface area contributed by atoms with Gasteiger partial charge in [-0.1, -0.05) is 18.2 Å². The Morgan fingerprint density at radius 1 is 1.43 bits per heavy atom. The summed E-state index contributed by atoms with van der Waals surface area (Å²) < 4.78 is 0. The molecule has 1 rings (SSSR count). The lowest BCUT2D eigenvalue weighted by atomic mass is 10.3. The molecule has 4 nitrogen and oxygen atoms in total. The Kier molecular flexibility index (Phi) is 3.67. The van der Waals surface area contributed by atoms with Crippen LogP contribution >= 0.6 is 0 Å². The minimum absolute atomic E-state index is 0.255. The highest BCUT2D eigenvalue weighted by Gasteiger charge is 2.05. The minimum atomic E-state index is -0.255. The van der Waals surface area contributed by atoms with Gasteiger partial charge in [-0.05, 0) is 19.1 Å². The highest BCUT2D eigenvalue weighted by Crippen LogP contribution is 2.05. The Bertz CT molecular complexity index is 321. The number of amides is 2. The number of hydrogen-bond acceptors (Lipinski definition) is 2. The van der Waals surface area contributed by atoms with Crippen molar-refractivity contribution in [1.82, 2.24) is 5.01 Å². The lowest BCUT2D eigenvalue weighted by Crippen LogP contribution is -2.26. The number of hydrazone groups is 1. The lowest BCUT2D eigenvalue weighted by Gasteiger charge is -2.11. The Hall–Kier alpha value is -1.84. The standard InChI is InChI=1S/C10H13N3O/c1-3-11-13(2)10(14)12-9-7-5-4-6-8-9/h3-8H,1-2H3,(H,12,14)/b11-3+. The van der Waals surface area contributed by atoms with Gasteiger partial charge in [0.05, 0.1) is 0 Å². The summed E-state index contributed by atoms with van der Waals surface area (Å²) in [6, 6.07) is 9.00. The van der Waals surface area contributed by atoms with E-state index in [9.17, 15) is 4.79 Å². The Labute approximate surface area is 83.2 Å². The number of benzene rings is 1. The molecule has 0 aliphatic rings. The van der Waals surface area contributed by atoms with E-state index < -0.39 is 0 Å². The molecule has 0 unspecified atom stereocenters. The van der Waals surface area contributed by atoms with Gasteiger partial charge < -0.3 is 5.32 Å². The highest BCUT2D eigenvalue weighted by atomic mass is 16.2. The van der Waals surface area contributed by atoms with Crippen LogP contribution in [0.25, 0.3) is 0 Å². The third-order valence-corrected chi connectivity index (χ3v) is 1.61. The molecule has 0 spiro atoms. The van der Waals surface area contributed by atoms with Gasteiger partial charge in [-0.2, -0.15) is 5.10 Å². The van der Waals surface area contributed by atoms with Crippen LogP contribution in [0.4, 0.5) is 10.5 Å². The number of nitrogens with one attached hydrogen (secondary N) is 1. The number of hydrogen-bond donors (Lipinski definition) is 1. The number of carbonyl (C=O) groups is 1. The summed E-state index contributed by atoms with van der Waals surface area (Å²) in [7, 11) is 1.60. The molecule has 0 heterocycles. The third kappa shape index (κ3) is 2.90. The Morgan fingerprint density at radius 3 is 2.64 bits per heavy atom. The maximum Gasteiger partial charge on any atom is 0.341 e. The fourth-order valence-corrected chi connectivity index (χ4v) is 0.952. The van der Waals surface area contributed by atoms with E-state index in [2.05, 4.69) is 10.4 Å². The van der Waals surface area contributed by atoms with Crippen LogP contribution in [-0.4, -0.2) is 24.3 Å². The first-order valence-electron chi connectivity index (χ1n) is 4.32. The molecule has 4 heteroatoms. The summed E-state index contributed by atoms with van der Waals surface area (Å²) in [6.07, 6.45) is 1.56. The smallest absolute Gasteiger partial charge is 0.306 e. The lowest BCUT2D eigenvalue weighted by molar-refractivity contribution is 0.224. The van der Waals surface area contributed by atoms with Crippen LogP contribution in [0.15, 0.2) is 35.4 Å². The first-order chi connectivity index (χ1) is 6.74. The van der Waals surface area contributed by atoms with E-state index in [4.69, 9.17) is 0 Å². The average molecular weight is 191 g/mol. The molecule has 0 aliphatic carbocycles. The summed E-state index contributed by atoms with van der Waals surface area (Å²) >= 11 is 0. The second-order valence-corrected chi connectivity index (χ2v) is 2.69.